The summed E-state index contributed by atoms with van der Waals surface area (Å²) in [6.45, 7) is 0.866. The largest absolute Gasteiger partial charge is 0.480 e. The molecule has 18 N–H and O–H groups in total. The van der Waals surface area contributed by atoms with Gasteiger partial charge < -0.3 is 122 Å². The molecule has 0 aromatic carbocycles. The fourth-order valence-corrected chi connectivity index (χ4v) is 7.19. The minimum Gasteiger partial charge on any atom is -0.480 e. The number of nitrogens with one attached hydrogen (secondary N) is 4. The topological polar surface area (TPSA) is 493 Å². The SMILES string of the molecule is C#CCOCCOCCOCCOCCC(=O)N[C@@H](CCOC(=O)NCCO[C@@H]([C@@H]1OC(C(=O)O)=C[C@H](N=C(N)N)[C@H]1C)[C@H](O)CO)COC(=O)NCCO[C@@H]([C@@H]1OC(C(=O)O)=C[C@H](N=C(N)N)[C@H]1NC(C)=O)[C@H](O)CO. The van der Waals surface area contributed by atoms with E-state index in [0.717, 1.165) is 13.0 Å². The highest BCUT2D eigenvalue weighted by molar-refractivity contribution is 5.86. The molecular weight excluding hydrogens is 1030 g/mol. The number of aliphatic imine (C=N–C) groups is 2. The van der Waals surface area contributed by atoms with Crippen molar-refractivity contribution in [3.8, 4) is 12.3 Å². The number of terminal acetylenes is 1. The Kier molecular flexibility index (Phi) is 31.9. The molecule has 2 heterocycles. The lowest BCUT2D eigenvalue weighted by Crippen LogP contribution is -2.60. The van der Waals surface area contributed by atoms with Gasteiger partial charge in [0.15, 0.2) is 18.0 Å². The Morgan fingerprint density at radius 2 is 1.18 bits per heavy atom. The summed E-state index contributed by atoms with van der Waals surface area (Å²) in [5.74, 6) is -4.41. The van der Waals surface area contributed by atoms with E-state index >= 15 is 0 Å². The van der Waals surface area contributed by atoms with E-state index in [0.29, 0.717) is 19.8 Å². The van der Waals surface area contributed by atoms with Crippen molar-refractivity contribution in [1.29, 1.82) is 0 Å². The molecule has 2 aliphatic heterocycles. The summed E-state index contributed by atoms with van der Waals surface area (Å²) in [4.78, 5) is 82.4. The molecule has 32 heteroatoms. The lowest BCUT2D eigenvalue weighted by Gasteiger charge is -2.40. The molecule has 4 amide bonds. The Bertz CT molecular complexity index is 2020. The van der Waals surface area contributed by atoms with Crippen molar-refractivity contribution in [3.05, 3.63) is 23.7 Å². The Morgan fingerprint density at radius 3 is 1.69 bits per heavy atom. The van der Waals surface area contributed by atoms with Crippen LogP contribution in [0.3, 0.4) is 0 Å². The predicted molar refractivity (Wildman–Crippen MR) is 265 cm³/mol. The zero-order valence-corrected chi connectivity index (χ0v) is 42.7. The number of carboxylic acids is 2. The van der Waals surface area contributed by atoms with Gasteiger partial charge in [0.2, 0.25) is 23.3 Å². The van der Waals surface area contributed by atoms with Crippen molar-refractivity contribution in [2.24, 2.45) is 38.8 Å². The molecule has 32 nitrogen and oxygen atoms in total. The molecule has 0 aromatic heterocycles. The molecule has 0 spiro atoms. The lowest BCUT2D eigenvalue weighted by atomic mass is 9.87. The van der Waals surface area contributed by atoms with Crippen LogP contribution in [-0.2, 0) is 66.5 Å². The summed E-state index contributed by atoms with van der Waals surface area (Å²) in [6.07, 6.45) is -3.68. The van der Waals surface area contributed by atoms with Gasteiger partial charge in [0.1, 0.15) is 43.7 Å². The number of alkyl carbamates (subject to hydrolysis) is 2. The van der Waals surface area contributed by atoms with E-state index in [9.17, 15) is 59.4 Å². The molecule has 11 atom stereocenters. The van der Waals surface area contributed by atoms with Crippen LogP contribution < -0.4 is 44.2 Å². The number of ether oxygens (including phenoxy) is 10. The number of aliphatic hydroxyl groups excluding tert-OH is 4. The molecular formula is C45H74N10O22. The zero-order valence-electron chi connectivity index (χ0n) is 42.7. The Morgan fingerprint density at radius 1 is 0.701 bits per heavy atom. The van der Waals surface area contributed by atoms with Crippen molar-refractivity contribution < 1.29 is 107 Å². The first-order valence-electron chi connectivity index (χ1n) is 24.1. The molecule has 0 bridgehead atoms. The zero-order chi connectivity index (χ0) is 57.3. The van der Waals surface area contributed by atoms with Crippen LogP contribution in [0.15, 0.2) is 33.7 Å². The van der Waals surface area contributed by atoms with E-state index in [-0.39, 0.29) is 78.1 Å². The number of carboxylic acid groups (broad SMARTS) is 2. The summed E-state index contributed by atoms with van der Waals surface area (Å²) in [6, 6.07) is -4.26. The predicted octanol–water partition coefficient (Wildman–Crippen LogP) is -5.96. The van der Waals surface area contributed by atoms with Gasteiger partial charge in [-0.25, -0.2) is 29.2 Å². The second-order valence-electron chi connectivity index (χ2n) is 16.7. The third-order valence-electron chi connectivity index (χ3n) is 10.7. The number of aliphatic carboxylic acids is 2. The van der Waals surface area contributed by atoms with Crippen LogP contribution in [0.25, 0.3) is 0 Å². The molecule has 0 saturated carbocycles. The van der Waals surface area contributed by atoms with Crippen LogP contribution in [0.1, 0.15) is 26.7 Å². The summed E-state index contributed by atoms with van der Waals surface area (Å²) < 4.78 is 54.6. The van der Waals surface area contributed by atoms with Crippen LogP contribution in [0, 0.1) is 18.3 Å². The van der Waals surface area contributed by atoms with Gasteiger partial charge in [-0.1, -0.05) is 12.8 Å². The molecule has 77 heavy (non-hydrogen) atoms. The number of rotatable bonds is 38. The number of carbonyl (C=O) groups is 6. The first kappa shape index (κ1) is 66.3. The van der Waals surface area contributed by atoms with E-state index in [4.69, 9.17) is 76.7 Å². The van der Waals surface area contributed by atoms with Gasteiger partial charge in [-0.2, -0.15) is 0 Å². The number of nitrogens with two attached hydrogens (primary N) is 4. The van der Waals surface area contributed by atoms with E-state index in [1.54, 1.807) is 6.92 Å². The standard InChI is InChI=1S/C45H74N10O22/c1-4-9-68-14-16-70-18-19-71-17-15-69-10-6-34(61)53-27(5-11-74-44(66)50-7-12-72-37(30(59)22-56)36-25(2)28(54-42(46)47)20-32(76-36)40(62)63)24-75-45(67)51-8-13-73-38(31(60)23-57)39-35(52-26(3)58)29(55-43(48)49)21-33(77-39)41(64)65/h1,20-21,25,27-31,35-39,56-57,59-60H,5-19,22-24H2,2-3H3,(H,50,66)(H,51,67)(H,52,58)(H,53,61)(H,62,63)(H,64,65)(H4,46,47,54)(H4,48,49,55)/t25-,27+,28+,29+,30-,31-,35-,36-,37-,38-,39-/m1/s1. The van der Waals surface area contributed by atoms with Crippen LogP contribution in [0.4, 0.5) is 9.59 Å². The number of amides is 4. The number of nitrogens with zero attached hydrogens (tertiary/aromatic N) is 2. The first-order chi connectivity index (χ1) is 36.7. The maximum atomic E-state index is 13.0. The van der Waals surface area contributed by atoms with Crippen LogP contribution in [-0.4, -0.2) is 245 Å². The first-order valence-corrected chi connectivity index (χ1v) is 24.1. The summed E-state index contributed by atoms with van der Waals surface area (Å²) >= 11 is 0. The minimum absolute atomic E-state index is 0.0181. The second kappa shape index (κ2) is 37.1. The van der Waals surface area contributed by atoms with Gasteiger partial charge in [0.25, 0.3) is 0 Å². The third-order valence-corrected chi connectivity index (χ3v) is 10.7. The number of aliphatic hydroxyl groups is 4. The molecule has 2 aliphatic rings. The molecule has 436 valence electrons. The van der Waals surface area contributed by atoms with Gasteiger partial charge >= 0.3 is 24.1 Å². The molecule has 0 aliphatic carbocycles. The number of guanidine groups is 2. The third kappa shape index (κ3) is 26.2. The van der Waals surface area contributed by atoms with Crippen molar-refractivity contribution in [3.63, 3.8) is 0 Å². The van der Waals surface area contributed by atoms with E-state index in [1.165, 1.54) is 6.08 Å². The molecule has 0 fully saturated rings. The van der Waals surface area contributed by atoms with E-state index < -0.39 is 147 Å². The van der Waals surface area contributed by atoms with Crippen molar-refractivity contribution >= 4 is 47.9 Å². The highest BCUT2D eigenvalue weighted by atomic mass is 16.6. The average Bonchev–Trinajstić information content (AvgIpc) is 3.37. The maximum Gasteiger partial charge on any atom is 0.407 e. The number of hydrogen-bond acceptors (Lipinski definition) is 22. The minimum atomic E-state index is -1.72. The van der Waals surface area contributed by atoms with Gasteiger partial charge in [-0.3, -0.25) is 9.59 Å². The fraction of sp³-hybridized carbons (Fsp3) is 0.689. The van der Waals surface area contributed by atoms with Gasteiger partial charge in [-0.05, 0) is 12.2 Å². The summed E-state index contributed by atoms with van der Waals surface area (Å²) in [5, 5.41) is 70.2. The van der Waals surface area contributed by atoms with Crippen molar-refractivity contribution in [2.75, 3.05) is 106 Å². The molecule has 0 radical (unpaired) electrons. The molecule has 0 unspecified atom stereocenters. The molecule has 2 rings (SSSR count). The summed E-state index contributed by atoms with van der Waals surface area (Å²) in [7, 11) is 0. The van der Waals surface area contributed by atoms with Gasteiger partial charge in [-0.15, -0.1) is 6.42 Å². The highest BCUT2D eigenvalue weighted by Crippen LogP contribution is 2.31. The normalized spacial score (nSPS) is 20.7. The van der Waals surface area contributed by atoms with Crippen LogP contribution >= 0.6 is 0 Å². The van der Waals surface area contributed by atoms with Crippen molar-refractivity contribution in [1.82, 2.24) is 21.3 Å². The van der Waals surface area contributed by atoms with Gasteiger partial charge in [0, 0.05) is 38.8 Å². The van der Waals surface area contributed by atoms with Crippen LogP contribution in [0.5, 0.6) is 0 Å². The number of carbonyl (C=O) groups excluding carboxylic acids is 4. The lowest BCUT2D eigenvalue weighted by molar-refractivity contribution is -0.155. The number of hydrogen-bond donors (Lipinski definition) is 14. The summed E-state index contributed by atoms with van der Waals surface area (Å²) in [5.41, 5.74) is 22.1. The van der Waals surface area contributed by atoms with E-state index in [2.05, 4.69) is 37.2 Å². The van der Waals surface area contributed by atoms with Crippen LogP contribution in [0.2, 0.25) is 0 Å². The molecule has 0 saturated heterocycles. The highest BCUT2D eigenvalue weighted by Gasteiger charge is 2.45. The molecule has 0 aromatic rings. The fourth-order valence-electron chi connectivity index (χ4n) is 7.19. The quantitative estimate of drug-likeness (QED) is 0.0118. The Hall–Kier alpha value is -6.80. The van der Waals surface area contributed by atoms with E-state index in [1.807, 2.05) is 0 Å². The Balaban J connectivity index is 2.02. The Labute approximate surface area is 443 Å². The van der Waals surface area contributed by atoms with Crippen molar-refractivity contribution in [2.45, 2.75) is 87.5 Å². The van der Waals surface area contributed by atoms with Gasteiger partial charge in [0.05, 0.1) is 103 Å². The average molecular weight is 1110 g/mol. The smallest absolute Gasteiger partial charge is 0.407 e. The maximum absolute atomic E-state index is 13.0. The second-order valence-corrected chi connectivity index (χ2v) is 16.7. The monoisotopic (exact) mass is 1110 g/mol.